The minimum atomic E-state index is -1.17. The van der Waals surface area contributed by atoms with E-state index >= 15 is 0 Å². The predicted molar refractivity (Wildman–Crippen MR) is 221 cm³/mol. The number of nitrogens with zero attached hydrogens (tertiary/aromatic N) is 1. The van der Waals surface area contributed by atoms with E-state index in [9.17, 15) is 19.8 Å². The molecule has 7 aliphatic rings. The molecule has 55 heavy (non-hydrogen) atoms. The number of aliphatic hydroxyl groups is 2. The van der Waals surface area contributed by atoms with Crippen molar-refractivity contribution in [1.82, 2.24) is 10.2 Å². The van der Waals surface area contributed by atoms with Gasteiger partial charge in [-0.15, -0.1) is 11.3 Å². The molecular weight excluding hydrogens is 701 g/mol. The molecule has 5 saturated carbocycles. The summed E-state index contributed by atoms with van der Waals surface area (Å²) in [6.07, 6.45) is 14.2. The van der Waals surface area contributed by atoms with Gasteiger partial charge in [0.15, 0.2) is 0 Å². The summed E-state index contributed by atoms with van der Waals surface area (Å²) < 4.78 is 0. The summed E-state index contributed by atoms with van der Waals surface area (Å²) in [4.78, 5) is 33.0. The zero-order chi connectivity index (χ0) is 38.5. The molecule has 3 aromatic rings. The lowest BCUT2D eigenvalue weighted by molar-refractivity contribution is -0.0985. The van der Waals surface area contributed by atoms with Crippen LogP contribution in [-0.2, 0) is 6.42 Å². The standard InChI is InChI=1S/C48H62N2O4S/c1-31-9-8-19-46(4)42(40-16-14-34(24-39(51)15-12-31)25-41(40)44(52)43-17-13-32(2)55-43)18-20-48(46,54)30-50(45(53)49-33(3)38-10-6-5-7-11-38)29-47-26-35-21-36(27-47)23-37(22-35)28-47/h5-7,9-11,13-14,16-17,25,33,35-37,39,42,51,54H,8,12,15,18-24,26-30H2,1-4H3,(H,49,53)/t33-,35?,36?,37?,39+,42+,46+,47?,48-/m1/s1. The molecule has 1 aromatic heterocycles. The van der Waals surface area contributed by atoms with Gasteiger partial charge in [0.05, 0.1) is 29.2 Å². The van der Waals surface area contributed by atoms with Crippen LogP contribution in [0.5, 0.6) is 0 Å². The van der Waals surface area contributed by atoms with Gasteiger partial charge in [-0.05, 0) is 168 Å². The fraction of sp³-hybridized carbons (Fsp3) is 0.583. The Morgan fingerprint density at radius 2 is 1.64 bits per heavy atom. The molecule has 5 fully saturated rings. The SMILES string of the molecule is CC1=CCC[C@@]2(C)[C@@H](CC[C@@]2(O)CN(CC23CC4CC(CC(C4)C2)C3)C(=O)N[C@H](C)c2ccccc2)c2ccc(cc2C(=O)c2ccc(C)s2)C[C@@H](O)CC1. The number of aliphatic hydroxyl groups excluding tert-OH is 1. The van der Waals surface area contributed by atoms with Crippen molar-refractivity contribution in [2.24, 2.45) is 28.6 Å². The molecule has 0 spiro atoms. The fourth-order valence-corrected chi connectivity index (χ4v) is 13.2. The van der Waals surface area contributed by atoms with Gasteiger partial charge < -0.3 is 20.4 Å². The minimum absolute atomic E-state index is 0.0165. The summed E-state index contributed by atoms with van der Waals surface area (Å²) in [6, 6.07) is 20.1. The van der Waals surface area contributed by atoms with Crippen molar-refractivity contribution in [2.45, 2.75) is 135 Å². The highest BCUT2D eigenvalue weighted by Gasteiger charge is 2.59. The van der Waals surface area contributed by atoms with Gasteiger partial charge in [-0.2, -0.15) is 0 Å². The van der Waals surface area contributed by atoms with Crippen molar-refractivity contribution >= 4 is 23.2 Å². The van der Waals surface area contributed by atoms with Crippen LogP contribution in [0.3, 0.4) is 0 Å². The molecule has 1 heterocycles. The van der Waals surface area contributed by atoms with Gasteiger partial charge in [0, 0.05) is 22.4 Å². The summed E-state index contributed by atoms with van der Waals surface area (Å²) in [5.74, 6) is 2.22. The van der Waals surface area contributed by atoms with Gasteiger partial charge >= 0.3 is 6.03 Å². The highest BCUT2D eigenvalue weighted by molar-refractivity contribution is 7.14. The second-order valence-corrected chi connectivity index (χ2v) is 20.3. The van der Waals surface area contributed by atoms with Gasteiger partial charge in [-0.3, -0.25) is 4.79 Å². The molecule has 10 rings (SSSR count). The highest BCUT2D eigenvalue weighted by atomic mass is 32.1. The first-order valence-electron chi connectivity index (χ1n) is 21.2. The first-order valence-corrected chi connectivity index (χ1v) is 22.0. The Bertz CT molecular complexity index is 1880. The fourth-order valence-electron chi connectivity index (χ4n) is 12.4. The average Bonchev–Trinajstić information content (AvgIpc) is 3.69. The molecule has 0 aliphatic heterocycles. The van der Waals surface area contributed by atoms with E-state index in [-0.39, 0.29) is 35.7 Å². The maximum absolute atomic E-state index is 14.7. The molecule has 3 N–H and O–H groups in total. The number of carbonyl (C=O) groups is 2. The number of hydrogen-bond donors (Lipinski definition) is 3. The van der Waals surface area contributed by atoms with Crippen LogP contribution in [0.2, 0.25) is 0 Å². The van der Waals surface area contributed by atoms with Crippen LogP contribution >= 0.6 is 11.3 Å². The third kappa shape index (κ3) is 7.75. The Labute approximate surface area is 332 Å². The van der Waals surface area contributed by atoms with E-state index in [1.54, 1.807) is 0 Å². The number of aryl methyl sites for hydroxylation is 1. The first-order chi connectivity index (χ1) is 26.3. The van der Waals surface area contributed by atoms with Gasteiger partial charge in [0.1, 0.15) is 0 Å². The van der Waals surface area contributed by atoms with Crippen molar-refractivity contribution in [1.29, 1.82) is 0 Å². The van der Waals surface area contributed by atoms with E-state index in [1.165, 1.54) is 55.4 Å². The second kappa shape index (κ2) is 15.2. The second-order valence-electron chi connectivity index (χ2n) is 19.0. The Hall–Kier alpha value is -3.26. The number of amides is 2. The largest absolute Gasteiger partial charge is 0.393 e. The van der Waals surface area contributed by atoms with Gasteiger partial charge in [0.2, 0.25) is 5.78 Å². The lowest BCUT2D eigenvalue weighted by Crippen LogP contribution is -2.59. The van der Waals surface area contributed by atoms with Gasteiger partial charge in [-0.1, -0.05) is 61.0 Å². The number of allylic oxidation sites excluding steroid dienone is 2. The number of fused-ring (bicyclic) bond motifs is 8. The maximum Gasteiger partial charge on any atom is 0.317 e. The monoisotopic (exact) mass is 762 g/mol. The van der Waals surface area contributed by atoms with Crippen LogP contribution in [0, 0.1) is 35.5 Å². The summed E-state index contributed by atoms with van der Waals surface area (Å²) in [6.45, 7) is 9.44. The summed E-state index contributed by atoms with van der Waals surface area (Å²) >= 11 is 1.52. The summed E-state index contributed by atoms with van der Waals surface area (Å²) in [7, 11) is 0. The molecule has 7 aliphatic carbocycles. The van der Waals surface area contributed by atoms with E-state index < -0.39 is 17.1 Å². The third-order valence-corrected chi connectivity index (χ3v) is 16.0. The van der Waals surface area contributed by atoms with Crippen LogP contribution in [0.25, 0.3) is 0 Å². The normalized spacial score (nSPS) is 33.4. The van der Waals surface area contributed by atoms with Crippen LogP contribution in [-0.4, -0.2) is 51.7 Å². The lowest BCUT2D eigenvalue weighted by atomic mass is 9.49. The van der Waals surface area contributed by atoms with Crippen LogP contribution in [0.15, 0.2) is 72.3 Å². The van der Waals surface area contributed by atoms with E-state index in [0.29, 0.717) is 31.4 Å². The van der Waals surface area contributed by atoms with E-state index in [0.717, 1.165) is 69.9 Å². The third-order valence-electron chi connectivity index (χ3n) is 15.0. The molecular formula is C48H62N2O4S. The summed E-state index contributed by atoms with van der Waals surface area (Å²) in [5.41, 5.74) is 3.30. The number of nitrogens with one attached hydrogen (secondary N) is 1. The quantitative estimate of drug-likeness (QED) is 0.157. The molecule has 0 unspecified atom stereocenters. The molecule has 7 heteroatoms. The number of urea groups is 1. The molecule has 6 nitrogen and oxygen atoms in total. The van der Waals surface area contributed by atoms with Crippen LogP contribution in [0.4, 0.5) is 4.79 Å². The molecule has 294 valence electrons. The molecule has 0 saturated heterocycles. The Morgan fingerprint density at radius 1 is 0.927 bits per heavy atom. The lowest BCUT2D eigenvalue weighted by Gasteiger charge is -2.58. The molecule has 2 aromatic carbocycles. The molecule has 6 bridgehead atoms. The van der Waals surface area contributed by atoms with Gasteiger partial charge in [-0.25, -0.2) is 4.79 Å². The number of carbonyl (C=O) groups excluding carboxylic acids is 2. The van der Waals surface area contributed by atoms with Crippen molar-refractivity contribution in [3.8, 4) is 0 Å². The van der Waals surface area contributed by atoms with E-state index in [1.807, 2.05) is 48.2 Å². The Morgan fingerprint density at radius 3 is 2.31 bits per heavy atom. The topological polar surface area (TPSA) is 89.9 Å². The zero-order valence-electron chi connectivity index (χ0n) is 33.5. The number of rotatable bonds is 8. The van der Waals surface area contributed by atoms with Crippen molar-refractivity contribution in [3.63, 3.8) is 0 Å². The van der Waals surface area contributed by atoms with Gasteiger partial charge in [0.25, 0.3) is 0 Å². The molecule has 0 radical (unpaired) electrons. The Balaban J connectivity index is 1.17. The number of ketones is 1. The minimum Gasteiger partial charge on any atom is -0.393 e. The number of hydrogen-bond acceptors (Lipinski definition) is 5. The maximum atomic E-state index is 14.7. The highest BCUT2D eigenvalue weighted by Crippen LogP contribution is 2.62. The van der Waals surface area contributed by atoms with E-state index in [2.05, 4.69) is 56.4 Å². The van der Waals surface area contributed by atoms with Crippen LogP contribution in [0.1, 0.15) is 147 Å². The van der Waals surface area contributed by atoms with Crippen molar-refractivity contribution < 1.29 is 19.8 Å². The number of thiophene rings is 1. The van der Waals surface area contributed by atoms with Crippen LogP contribution < -0.4 is 5.32 Å². The average molecular weight is 763 g/mol. The first kappa shape index (κ1) is 38.6. The zero-order valence-corrected chi connectivity index (χ0v) is 34.3. The molecule has 2 amide bonds. The van der Waals surface area contributed by atoms with Crippen molar-refractivity contribution in [2.75, 3.05) is 13.1 Å². The van der Waals surface area contributed by atoms with E-state index in [4.69, 9.17) is 0 Å². The predicted octanol–water partition coefficient (Wildman–Crippen LogP) is 10.3. The summed E-state index contributed by atoms with van der Waals surface area (Å²) in [5, 5.41) is 27.8. The smallest absolute Gasteiger partial charge is 0.317 e. The molecule has 5 atom stereocenters. The Kier molecular flexibility index (Phi) is 10.7. The van der Waals surface area contributed by atoms with Crippen molar-refractivity contribution in [3.05, 3.63) is 104 Å². The number of benzene rings is 2.